The topological polar surface area (TPSA) is 690 Å². The van der Waals surface area contributed by atoms with Crippen molar-refractivity contribution < 1.29 is 92.0 Å². The molecular weight excluding hydrogens is 1750 g/mol. The maximum Gasteiger partial charge on any atom is 0.322 e. The van der Waals surface area contributed by atoms with E-state index >= 15 is 9.59 Å². The van der Waals surface area contributed by atoms with Gasteiger partial charge in [-0.15, -0.1) is 0 Å². The van der Waals surface area contributed by atoms with Crippen molar-refractivity contribution in [1.82, 2.24) is 99.6 Å². The second-order valence-corrected chi connectivity index (χ2v) is 34.6. The van der Waals surface area contributed by atoms with E-state index in [9.17, 15) is 77.3 Å². The zero-order chi connectivity index (χ0) is 95.9. The highest BCUT2D eigenvalue weighted by atomic mass is 32.2. The summed E-state index contributed by atoms with van der Waals surface area (Å²) >= 11 is 4.12. The monoisotopic (exact) mass is 1880 g/mol. The molecule has 0 unspecified atom stereocenters. The van der Waals surface area contributed by atoms with E-state index in [1.54, 1.807) is 68.1 Å². The number of imidazole rings is 1. The number of thioether (sulfide) groups is 3. The molecule has 15 amide bonds. The molecule has 0 aliphatic carbocycles. The van der Waals surface area contributed by atoms with Gasteiger partial charge in [-0.2, -0.15) is 35.3 Å². The molecule has 1 aliphatic rings. The van der Waals surface area contributed by atoms with E-state index in [0.29, 0.717) is 78.6 Å². The van der Waals surface area contributed by atoms with Crippen LogP contribution in [0, 0.1) is 11.3 Å². The number of aliphatic carboxylic acids is 1. The highest BCUT2D eigenvalue weighted by Crippen LogP contribution is 2.23. The van der Waals surface area contributed by atoms with E-state index in [1.165, 1.54) is 66.6 Å². The molecule has 29 N–H and O–H groups in total. The number of hydrogen-bond donors (Lipinski definition) is 25. The van der Waals surface area contributed by atoms with Crippen molar-refractivity contribution in [3.8, 4) is 0 Å². The average Bonchev–Trinajstić information content (AvgIpc) is 1.67. The molecule has 720 valence electrons. The molecule has 0 bridgehead atoms. The van der Waals surface area contributed by atoms with Crippen molar-refractivity contribution >= 4 is 147 Å². The minimum Gasteiger partial charge on any atom is -0.480 e. The van der Waals surface area contributed by atoms with Gasteiger partial charge < -0.3 is 133 Å². The molecule has 5 rings (SSSR count). The van der Waals surface area contributed by atoms with Gasteiger partial charge in [-0.25, -0.2) is 4.98 Å². The number of nitrogens with zero attached hydrogens (tertiary/aromatic N) is 2. The summed E-state index contributed by atoms with van der Waals surface area (Å²) in [5, 5.41) is 77.1. The third kappa shape index (κ3) is 37.4. The lowest BCUT2D eigenvalue weighted by molar-refractivity contribution is -0.141. The smallest absolute Gasteiger partial charge is 0.322 e. The standard InChI is InChI=1S/C84H132N24O19S3/c1-8-47(2)68(107-80(124)65-27-19-34-108(65)83(127)54(87)28-35-128-5)82(126)104-61(38-50-20-10-9-11-21-50)76(120)103-62(39-51-41-92-55-23-13-12-22-53(51)55)77(121)97-56(24-14-16-31-85)72(116)96-48(3)70(114)102-63(40-52-42-90-46-95-52)78(122)98-58(26-18-33-91-84(88)89)74(118)101-60(30-37-130-7)75(119)105-64(45-109)79(123)99-57(25-15-17-32-86)73(117)100-59(29-36-129-6)71(115)93-43-66(111)106-69(49(4)110)81(125)94-44-67(112)113/h9-13,20-23,41-42,46-49,54,56-65,68-69,92,109-110H,8,14-19,24-40,43-45,85-87H2,1-7H3,(H,90,95)(H,93,115)(H,94,125)(H,96,116)(H,97,121)(H,98,122)(H,99,123)(H,100,117)(H,101,118)(H,102,114)(H,103,120)(H,104,126)(H,105,119)(H,106,111)(H,107,124)(H,112,113)(H4,88,89,91)/t47-,48-,49+,54-,56-,57-,58-,59-,60-,61-,62-,63-,64-,65-,68-,69-/m0/s1. The van der Waals surface area contributed by atoms with Crippen LogP contribution in [-0.4, -0.2) is 308 Å². The number of guanidine groups is 1. The van der Waals surface area contributed by atoms with E-state index < -0.39 is 211 Å². The molecule has 43 nitrogen and oxygen atoms in total. The van der Waals surface area contributed by atoms with Crippen LogP contribution in [0.1, 0.15) is 134 Å². The van der Waals surface area contributed by atoms with Crippen molar-refractivity contribution in [2.45, 2.75) is 228 Å². The van der Waals surface area contributed by atoms with Crippen LogP contribution in [0.5, 0.6) is 0 Å². The van der Waals surface area contributed by atoms with Crippen molar-refractivity contribution in [2.24, 2.45) is 28.9 Å². The van der Waals surface area contributed by atoms with Crippen LogP contribution < -0.4 is 103 Å². The van der Waals surface area contributed by atoms with Crippen LogP contribution >= 0.6 is 35.3 Å². The Bertz CT molecular complexity index is 4370. The Kier molecular flexibility index (Phi) is 49.2. The van der Waals surface area contributed by atoms with Crippen molar-refractivity contribution in [1.29, 1.82) is 5.41 Å². The first-order chi connectivity index (χ1) is 62.1. The quantitative estimate of drug-likeness (QED) is 0.0113. The molecule has 3 heterocycles. The fourth-order valence-corrected chi connectivity index (χ4v) is 15.4. The summed E-state index contributed by atoms with van der Waals surface area (Å²) in [6.07, 6.45) is 10.2. The Morgan fingerprint density at radius 2 is 1.02 bits per heavy atom. The molecule has 16 atom stereocenters. The first-order valence-corrected chi connectivity index (χ1v) is 47.6. The highest BCUT2D eigenvalue weighted by Gasteiger charge is 2.42. The number of hydrogen-bond acceptors (Lipinski definition) is 26. The average molecular weight is 1880 g/mol. The zero-order valence-corrected chi connectivity index (χ0v) is 77.0. The second-order valence-electron chi connectivity index (χ2n) is 31.7. The van der Waals surface area contributed by atoms with Gasteiger partial charge in [0.05, 0.1) is 37.3 Å². The summed E-state index contributed by atoms with van der Waals surface area (Å²) in [6.45, 7) is 4.10. The predicted octanol–water partition coefficient (Wildman–Crippen LogP) is -4.41. The highest BCUT2D eigenvalue weighted by molar-refractivity contribution is 7.99. The lowest BCUT2D eigenvalue weighted by Gasteiger charge is -2.31. The van der Waals surface area contributed by atoms with Crippen LogP contribution in [0.2, 0.25) is 0 Å². The van der Waals surface area contributed by atoms with Crippen molar-refractivity contribution in [2.75, 3.05) is 81.9 Å². The number of nitrogens with two attached hydrogens (primary N) is 4. The minimum absolute atomic E-state index is 0.000479. The van der Waals surface area contributed by atoms with Crippen LogP contribution in [0.15, 0.2) is 73.3 Å². The second kappa shape index (κ2) is 58.5. The molecule has 1 fully saturated rings. The predicted molar refractivity (Wildman–Crippen MR) is 492 cm³/mol. The number of carbonyl (C=O) groups is 16. The van der Waals surface area contributed by atoms with Gasteiger partial charge in [-0.1, -0.05) is 68.8 Å². The van der Waals surface area contributed by atoms with Gasteiger partial charge in [0.2, 0.25) is 88.6 Å². The van der Waals surface area contributed by atoms with E-state index in [0.717, 1.165) is 0 Å². The number of fused-ring (bicyclic) bond motifs is 1. The fraction of sp³-hybridized carbons (Fsp3) is 0.595. The number of aliphatic hydroxyl groups is 2. The maximum absolute atomic E-state index is 15.2. The maximum atomic E-state index is 15.2. The number of carboxylic acids is 1. The lowest BCUT2D eigenvalue weighted by atomic mass is 9.96. The Morgan fingerprint density at radius 1 is 0.531 bits per heavy atom. The Balaban J connectivity index is 1.38. The van der Waals surface area contributed by atoms with Gasteiger partial charge in [-0.05, 0) is 170 Å². The summed E-state index contributed by atoms with van der Waals surface area (Å²) in [4.78, 5) is 237. The number of H-pyrrole nitrogens is 2. The van der Waals surface area contributed by atoms with Gasteiger partial charge in [0, 0.05) is 55.6 Å². The molecule has 0 saturated carbocycles. The summed E-state index contributed by atoms with van der Waals surface area (Å²) in [6, 6.07) is -3.49. The number of para-hydroxylation sites is 1. The van der Waals surface area contributed by atoms with E-state index in [4.69, 9.17) is 33.5 Å². The third-order valence-corrected chi connectivity index (χ3v) is 23.5. The number of amides is 15. The molecule has 0 radical (unpaired) electrons. The first kappa shape index (κ1) is 109. The van der Waals surface area contributed by atoms with Crippen LogP contribution in [-0.2, 0) is 96.0 Å². The lowest BCUT2D eigenvalue weighted by Crippen LogP contribution is -2.61. The molecule has 4 aromatic rings. The van der Waals surface area contributed by atoms with Crippen LogP contribution in [0.4, 0.5) is 0 Å². The zero-order valence-electron chi connectivity index (χ0n) is 74.6. The fourth-order valence-electron chi connectivity index (χ4n) is 14.0. The largest absolute Gasteiger partial charge is 0.480 e. The number of unbranched alkanes of at least 4 members (excludes halogenated alkanes) is 2. The van der Waals surface area contributed by atoms with Gasteiger partial charge in [0.15, 0.2) is 5.96 Å². The molecule has 0 spiro atoms. The number of benzene rings is 2. The number of aliphatic hydroxyl groups excluding tert-OH is 2. The molecular formula is C84H132N24O19S3. The third-order valence-electron chi connectivity index (χ3n) is 21.6. The molecule has 1 aliphatic heterocycles. The number of carboxylic acid groups (broad SMARTS) is 1. The van der Waals surface area contributed by atoms with Gasteiger partial charge in [0.1, 0.15) is 85.1 Å². The van der Waals surface area contributed by atoms with Gasteiger partial charge >= 0.3 is 5.97 Å². The number of nitrogens with one attached hydrogen (secondary N) is 18. The van der Waals surface area contributed by atoms with Crippen LogP contribution in [0.25, 0.3) is 10.9 Å². The number of likely N-dealkylation sites (tertiary alicyclic amines) is 1. The van der Waals surface area contributed by atoms with Crippen molar-refractivity contribution in [3.63, 3.8) is 0 Å². The molecule has 1 saturated heterocycles. The van der Waals surface area contributed by atoms with E-state index in [2.05, 4.69) is 89.4 Å². The van der Waals surface area contributed by atoms with Crippen LogP contribution in [0.3, 0.4) is 0 Å². The number of carbonyl (C=O) groups excluding carboxylic acids is 15. The van der Waals surface area contributed by atoms with Gasteiger partial charge in [-0.3, -0.25) is 82.1 Å². The number of aromatic amines is 2. The molecule has 2 aromatic heterocycles. The Labute approximate surface area is 768 Å². The number of aromatic nitrogens is 3. The summed E-state index contributed by atoms with van der Waals surface area (Å²) in [7, 11) is 0. The molecule has 46 heteroatoms. The minimum atomic E-state index is -1.79. The normalized spacial score (nSPS) is 15.8. The first-order valence-electron chi connectivity index (χ1n) is 43.4. The SMILES string of the molecule is CC[C@H](C)[C@H](NC(=O)[C@@H]1CCCN1C(=O)[C@@H](N)CCSC)C(=O)N[C@@H](Cc1ccccc1)C(=O)N[C@@H](Cc1c[nH]c2ccccc12)C(=O)N[C@@H](CCCCN)C(=O)N[C@@H](C)C(=O)N[C@@H](Cc1c[nH]cn1)C(=O)N[C@@H](CCCNC(=N)N)C(=O)N[C@@H](CCSC)C(=O)N[C@@H](CO)C(=O)N[C@@H](CCCCN)C(=O)N[C@@H](CCSC)C(=O)NCC(=O)N[C@H](C(=O)NCC(=O)O)[C@@H](C)O. The molecule has 130 heavy (non-hydrogen) atoms. The van der Waals surface area contributed by atoms with E-state index in [-0.39, 0.29) is 108 Å². The summed E-state index contributed by atoms with van der Waals surface area (Å²) in [5.74, 6) is -14.1. The number of rotatable bonds is 61. The van der Waals surface area contributed by atoms with Gasteiger partial charge in [0.25, 0.3) is 0 Å². The Hall–Kier alpha value is -11.2. The molecule has 2 aromatic carbocycles. The summed E-state index contributed by atoms with van der Waals surface area (Å²) in [5.41, 5.74) is 25.7. The summed E-state index contributed by atoms with van der Waals surface area (Å²) < 4.78 is 0. The Morgan fingerprint density at radius 3 is 1.55 bits per heavy atom. The van der Waals surface area contributed by atoms with E-state index in [1.807, 2.05) is 30.6 Å². The van der Waals surface area contributed by atoms with Crippen molar-refractivity contribution in [3.05, 3.63) is 90.1 Å².